The summed E-state index contributed by atoms with van der Waals surface area (Å²) in [6.45, 7) is 4.05. The van der Waals surface area contributed by atoms with Gasteiger partial charge < -0.3 is 14.6 Å². The van der Waals surface area contributed by atoms with Crippen LogP contribution in [0.2, 0.25) is 5.02 Å². The maximum absolute atomic E-state index is 12.8. The van der Waals surface area contributed by atoms with E-state index in [1.165, 1.54) is 22.2 Å². The molecule has 3 aromatic rings. The van der Waals surface area contributed by atoms with E-state index in [0.29, 0.717) is 33.8 Å². The molecule has 1 amide bonds. The highest BCUT2D eigenvalue weighted by atomic mass is 35.5. The number of benzene rings is 2. The molecule has 1 heterocycles. The molecule has 164 valence electrons. The molecule has 2 aromatic carbocycles. The zero-order valence-corrected chi connectivity index (χ0v) is 20.3. The van der Waals surface area contributed by atoms with Crippen LogP contribution in [0, 0.1) is 6.92 Å². The predicted molar refractivity (Wildman–Crippen MR) is 128 cm³/mol. The van der Waals surface area contributed by atoms with Gasteiger partial charge in [-0.1, -0.05) is 48.0 Å². The van der Waals surface area contributed by atoms with E-state index in [-0.39, 0.29) is 11.2 Å². The second-order valence-electron chi connectivity index (χ2n) is 6.91. The Balaban J connectivity index is 1.62. The van der Waals surface area contributed by atoms with Gasteiger partial charge in [-0.2, -0.15) is 0 Å². The fourth-order valence-electron chi connectivity index (χ4n) is 2.77. The summed E-state index contributed by atoms with van der Waals surface area (Å²) in [4.78, 5) is 14.0. The number of nitrogens with one attached hydrogen (secondary N) is 1. The Kier molecular flexibility index (Phi) is 8.28. The molecule has 0 saturated carbocycles. The Hall–Kier alpha value is -2.16. The summed E-state index contributed by atoms with van der Waals surface area (Å²) in [5.41, 5.74) is 1.87. The van der Waals surface area contributed by atoms with Crippen molar-refractivity contribution in [3.8, 4) is 5.75 Å². The van der Waals surface area contributed by atoms with Crippen LogP contribution in [0.1, 0.15) is 24.7 Å². The first-order valence-corrected chi connectivity index (χ1v) is 12.0. The molecule has 3 rings (SSSR count). The van der Waals surface area contributed by atoms with Gasteiger partial charge in [0.15, 0.2) is 5.16 Å². The van der Waals surface area contributed by atoms with E-state index >= 15 is 0 Å². The van der Waals surface area contributed by atoms with Crippen LogP contribution in [0.5, 0.6) is 5.75 Å². The SMILES string of the molecule is CCC(Sc1nnc(CSc2ccc(C)cc2)n1C)C(=O)Nc1ccc(OC)c(Cl)c1. The molecule has 0 fully saturated rings. The molecular formula is C22H25ClN4O2S2. The summed E-state index contributed by atoms with van der Waals surface area (Å²) in [5.74, 6) is 2.04. The van der Waals surface area contributed by atoms with Gasteiger partial charge in [0, 0.05) is 17.6 Å². The Bertz CT molecular complexity index is 1040. The Morgan fingerprint density at radius 3 is 2.61 bits per heavy atom. The van der Waals surface area contributed by atoms with Crippen molar-refractivity contribution >= 4 is 46.7 Å². The van der Waals surface area contributed by atoms with Crippen molar-refractivity contribution in [2.45, 2.75) is 41.3 Å². The molecule has 0 bridgehead atoms. The summed E-state index contributed by atoms with van der Waals surface area (Å²) < 4.78 is 7.10. The van der Waals surface area contributed by atoms with Crippen molar-refractivity contribution in [3.05, 3.63) is 58.9 Å². The lowest BCUT2D eigenvalue weighted by atomic mass is 10.2. The number of rotatable bonds is 9. The molecule has 6 nitrogen and oxygen atoms in total. The summed E-state index contributed by atoms with van der Waals surface area (Å²) >= 11 is 9.28. The number of thioether (sulfide) groups is 2. The van der Waals surface area contributed by atoms with Gasteiger partial charge in [0.25, 0.3) is 0 Å². The van der Waals surface area contributed by atoms with Gasteiger partial charge >= 0.3 is 0 Å². The average molecular weight is 477 g/mol. The molecule has 0 aliphatic heterocycles. The minimum atomic E-state index is -0.304. The summed E-state index contributed by atoms with van der Waals surface area (Å²) in [5, 5.41) is 12.4. The summed E-state index contributed by atoms with van der Waals surface area (Å²) in [6.07, 6.45) is 0.653. The zero-order valence-electron chi connectivity index (χ0n) is 17.9. The molecule has 9 heteroatoms. The van der Waals surface area contributed by atoms with Crippen LogP contribution in [0.25, 0.3) is 0 Å². The van der Waals surface area contributed by atoms with E-state index in [4.69, 9.17) is 16.3 Å². The number of halogens is 1. The smallest absolute Gasteiger partial charge is 0.237 e. The molecule has 0 aliphatic carbocycles. The molecule has 0 saturated heterocycles. The van der Waals surface area contributed by atoms with Crippen molar-refractivity contribution in [3.63, 3.8) is 0 Å². The van der Waals surface area contributed by atoms with E-state index in [1.807, 2.05) is 18.5 Å². The van der Waals surface area contributed by atoms with Gasteiger partial charge in [-0.05, 0) is 43.7 Å². The molecule has 1 atom stereocenters. The molecule has 0 radical (unpaired) electrons. The van der Waals surface area contributed by atoms with Crippen molar-refractivity contribution < 1.29 is 9.53 Å². The van der Waals surface area contributed by atoms with E-state index in [0.717, 1.165) is 5.82 Å². The number of amides is 1. The highest BCUT2D eigenvalue weighted by Crippen LogP contribution is 2.30. The number of hydrogen-bond acceptors (Lipinski definition) is 6. The lowest BCUT2D eigenvalue weighted by molar-refractivity contribution is -0.115. The fourth-order valence-corrected chi connectivity index (χ4v) is 4.84. The number of nitrogens with zero attached hydrogens (tertiary/aromatic N) is 3. The van der Waals surface area contributed by atoms with Crippen molar-refractivity contribution in [1.29, 1.82) is 0 Å². The minimum absolute atomic E-state index is 0.104. The number of methoxy groups -OCH3 is 1. The quantitative estimate of drug-likeness (QED) is 0.406. The van der Waals surface area contributed by atoms with Crippen LogP contribution in [0.3, 0.4) is 0 Å². The number of aromatic nitrogens is 3. The van der Waals surface area contributed by atoms with E-state index in [9.17, 15) is 4.79 Å². The molecule has 1 unspecified atom stereocenters. The van der Waals surface area contributed by atoms with Crippen LogP contribution in [-0.4, -0.2) is 33.0 Å². The number of aryl methyl sites for hydroxylation is 1. The summed E-state index contributed by atoms with van der Waals surface area (Å²) in [7, 11) is 3.49. The van der Waals surface area contributed by atoms with Crippen LogP contribution in [-0.2, 0) is 17.6 Å². The Labute approximate surface area is 196 Å². The van der Waals surface area contributed by atoms with Gasteiger partial charge in [-0.3, -0.25) is 4.79 Å². The number of hydrogen-bond donors (Lipinski definition) is 1. The summed E-state index contributed by atoms with van der Waals surface area (Å²) in [6, 6.07) is 13.6. The number of anilines is 1. The maximum atomic E-state index is 12.8. The topological polar surface area (TPSA) is 69.0 Å². The van der Waals surface area contributed by atoms with Crippen LogP contribution >= 0.6 is 35.1 Å². The third-order valence-corrected chi connectivity index (χ3v) is 7.35. The second-order valence-corrected chi connectivity index (χ2v) is 9.54. The van der Waals surface area contributed by atoms with Gasteiger partial charge in [0.1, 0.15) is 11.6 Å². The van der Waals surface area contributed by atoms with Crippen LogP contribution in [0.15, 0.2) is 52.5 Å². The third-order valence-electron chi connectivity index (χ3n) is 4.64. The van der Waals surface area contributed by atoms with E-state index in [1.54, 1.807) is 37.1 Å². The highest BCUT2D eigenvalue weighted by Gasteiger charge is 2.22. The van der Waals surface area contributed by atoms with Crippen LogP contribution in [0.4, 0.5) is 5.69 Å². The maximum Gasteiger partial charge on any atom is 0.237 e. The normalized spacial score (nSPS) is 11.9. The molecular weight excluding hydrogens is 452 g/mol. The van der Waals surface area contributed by atoms with E-state index < -0.39 is 0 Å². The third kappa shape index (κ3) is 6.18. The average Bonchev–Trinajstić information content (AvgIpc) is 3.11. The largest absolute Gasteiger partial charge is 0.495 e. The highest BCUT2D eigenvalue weighted by molar-refractivity contribution is 8.00. The predicted octanol–water partition coefficient (Wildman–Crippen LogP) is 5.59. The monoisotopic (exact) mass is 476 g/mol. The molecule has 31 heavy (non-hydrogen) atoms. The van der Waals surface area contributed by atoms with Crippen molar-refractivity contribution in [1.82, 2.24) is 14.8 Å². The first-order chi connectivity index (χ1) is 14.9. The lowest BCUT2D eigenvalue weighted by Gasteiger charge is -2.15. The van der Waals surface area contributed by atoms with Gasteiger partial charge in [-0.25, -0.2) is 0 Å². The molecule has 0 aliphatic rings. The first kappa shape index (κ1) is 23.5. The van der Waals surface area contributed by atoms with Crippen LogP contribution < -0.4 is 10.1 Å². The minimum Gasteiger partial charge on any atom is -0.495 e. The number of carbonyl (C=O) groups is 1. The van der Waals surface area contributed by atoms with Crippen molar-refractivity contribution in [2.24, 2.45) is 7.05 Å². The second kappa shape index (κ2) is 10.9. The molecule has 1 N–H and O–H groups in total. The van der Waals surface area contributed by atoms with Gasteiger partial charge in [0.05, 0.1) is 23.1 Å². The Morgan fingerprint density at radius 2 is 1.97 bits per heavy atom. The lowest BCUT2D eigenvalue weighted by Crippen LogP contribution is -2.25. The van der Waals surface area contributed by atoms with Crippen molar-refractivity contribution in [2.75, 3.05) is 12.4 Å². The number of ether oxygens (including phenoxy) is 1. The van der Waals surface area contributed by atoms with Gasteiger partial charge in [0.2, 0.25) is 5.91 Å². The standard InChI is InChI=1S/C22H25ClN4O2S2/c1-5-19(21(28)24-15-8-11-18(29-4)17(23)12-15)31-22-26-25-20(27(22)3)13-30-16-9-6-14(2)7-10-16/h6-12,19H,5,13H2,1-4H3,(H,24,28). The van der Waals surface area contributed by atoms with E-state index in [2.05, 4.69) is 46.7 Å². The number of carbonyl (C=O) groups excluding carboxylic acids is 1. The molecule has 0 spiro atoms. The molecule has 1 aromatic heterocycles. The fraction of sp³-hybridized carbons (Fsp3) is 0.318. The first-order valence-electron chi connectivity index (χ1n) is 9.80. The Morgan fingerprint density at radius 1 is 1.23 bits per heavy atom. The van der Waals surface area contributed by atoms with Gasteiger partial charge in [-0.15, -0.1) is 22.0 Å². The zero-order chi connectivity index (χ0) is 22.4.